The van der Waals surface area contributed by atoms with Crippen LogP contribution in [0.25, 0.3) is 10.4 Å². The van der Waals surface area contributed by atoms with Crippen molar-refractivity contribution < 1.29 is 13.2 Å². The molecule has 2 rings (SSSR count). The number of hydrogen-bond acceptors (Lipinski definition) is 4. The van der Waals surface area contributed by atoms with E-state index in [0.29, 0.717) is 18.7 Å². The minimum Gasteiger partial charge on any atom is -0.312 e. The molecular weight excluding hydrogens is 294 g/mol. The van der Waals surface area contributed by atoms with Gasteiger partial charge in [0.15, 0.2) is 0 Å². The number of amides is 1. The first-order valence-electron chi connectivity index (χ1n) is 6.33. The molecule has 1 heterocycles. The van der Waals surface area contributed by atoms with Crippen molar-refractivity contribution in [3.63, 3.8) is 0 Å². The summed E-state index contributed by atoms with van der Waals surface area (Å²) in [6.07, 6.45) is 0.329. The molecule has 1 aromatic carbocycles. The highest BCUT2D eigenvalue weighted by molar-refractivity contribution is 7.89. The highest BCUT2D eigenvalue weighted by Gasteiger charge is 2.30. The van der Waals surface area contributed by atoms with Gasteiger partial charge in [0.1, 0.15) is 0 Å². The van der Waals surface area contributed by atoms with Crippen LogP contribution in [0.1, 0.15) is 6.42 Å². The fraction of sp³-hybridized carbons (Fsp3) is 0.417. The Hall–Kier alpha value is -2.09. The third-order valence-electron chi connectivity index (χ3n) is 3.34. The molecule has 0 aliphatic carbocycles. The van der Waals surface area contributed by atoms with Gasteiger partial charge < -0.3 is 4.90 Å². The number of carbonyl (C=O) groups is 1. The van der Waals surface area contributed by atoms with Crippen LogP contribution in [-0.2, 0) is 14.8 Å². The smallest absolute Gasteiger partial charge is 0.240 e. The predicted octanol–water partition coefficient (Wildman–Crippen LogP) is 1.26. The van der Waals surface area contributed by atoms with Crippen LogP contribution in [-0.4, -0.2) is 34.5 Å². The van der Waals surface area contributed by atoms with Gasteiger partial charge in [0, 0.05) is 30.1 Å². The van der Waals surface area contributed by atoms with E-state index in [1.54, 1.807) is 17.0 Å². The van der Waals surface area contributed by atoms with Gasteiger partial charge >= 0.3 is 0 Å². The highest BCUT2D eigenvalue weighted by Crippen LogP contribution is 2.26. The van der Waals surface area contributed by atoms with Crippen molar-refractivity contribution in [2.24, 2.45) is 11.0 Å². The van der Waals surface area contributed by atoms with Crippen molar-refractivity contribution in [1.29, 1.82) is 0 Å². The average Bonchev–Trinajstić information content (AvgIpc) is 2.86. The Bertz CT molecular complexity index is 679. The first-order chi connectivity index (χ1) is 9.97. The third-order valence-corrected chi connectivity index (χ3v) is 4.77. The van der Waals surface area contributed by atoms with Gasteiger partial charge in [0.05, 0.1) is 4.90 Å². The first kappa shape index (κ1) is 15.3. The van der Waals surface area contributed by atoms with Crippen molar-refractivity contribution in [2.75, 3.05) is 25.0 Å². The summed E-state index contributed by atoms with van der Waals surface area (Å²) >= 11 is 0. The Morgan fingerprint density at radius 2 is 2.10 bits per heavy atom. The van der Waals surface area contributed by atoms with E-state index in [9.17, 15) is 13.2 Å². The normalized spacial score (nSPS) is 18.6. The van der Waals surface area contributed by atoms with Gasteiger partial charge in [-0.3, -0.25) is 4.79 Å². The van der Waals surface area contributed by atoms with Crippen molar-refractivity contribution >= 4 is 21.6 Å². The number of nitrogens with zero attached hydrogens (tertiary/aromatic N) is 4. The number of hydrogen-bond donors (Lipinski definition) is 1. The van der Waals surface area contributed by atoms with Crippen molar-refractivity contribution in [3.05, 3.63) is 34.7 Å². The number of nitrogens with one attached hydrogen (secondary N) is 1. The molecule has 0 radical (unpaired) electrons. The zero-order chi connectivity index (χ0) is 15.5. The van der Waals surface area contributed by atoms with Crippen molar-refractivity contribution in [2.45, 2.75) is 11.3 Å². The van der Waals surface area contributed by atoms with E-state index in [1.165, 1.54) is 19.2 Å². The number of rotatable bonds is 5. The van der Waals surface area contributed by atoms with Crippen LogP contribution in [0.3, 0.4) is 0 Å². The van der Waals surface area contributed by atoms with Crippen LogP contribution in [0.5, 0.6) is 0 Å². The fourth-order valence-electron chi connectivity index (χ4n) is 2.23. The average molecular weight is 309 g/mol. The Kier molecular flexibility index (Phi) is 4.46. The molecule has 1 saturated heterocycles. The van der Waals surface area contributed by atoms with Crippen LogP contribution in [0.15, 0.2) is 34.3 Å². The summed E-state index contributed by atoms with van der Waals surface area (Å²) in [6, 6.07) is 6.10. The van der Waals surface area contributed by atoms with Crippen molar-refractivity contribution in [1.82, 2.24) is 4.72 Å². The maximum absolute atomic E-state index is 11.9. The second-order valence-corrected chi connectivity index (χ2v) is 6.58. The van der Waals surface area contributed by atoms with Crippen LogP contribution in [0.4, 0.5) is 5.69 Å². The van der Waals surface area contributed by atoms with E-state index in [-0.39, 0.29) is 23.3 Å². The van der Waals surface area contributed by atoms with Gasteiger partial charge in [-0.2, -0.15) is 0 Å². The van der Waals surface area contributed by atoms with E-state index in [0.717, 1.165) is 0 Å². The fourth-order valence-corrected chi connectivity index (χ4v) is 2.96. The number of azide groups is 1. The summed E-state index contributed by atoms with van der Waals surface area (Å²) in [5, 5.41) is 3.49. The second kappa shape index (κ2) is 6.13. The van der Waals surface area contributed by atoms with Gasteiger partial charge in [-0.15, -0.1) is 0 Å². The Morgan fingerprint density at radius 1 is 1.43 bits per heavy atom. The summed E-state index contributed by atoms with van der Waals surface area (Å²) in [5.41, 5.74) is 8.94. The van der Waals surface area contributed by atoms with Crippen LogP contribution in [0, 0.1) is 5.92 Å². The molecule has 8 nitrogen and oxygen atoms in total. The lowest BCUT2D eigenvalue weighted by Gasteiger charge is -2.16. The molecule has 1 aliphatic rings. The summed E-state index contributed by atoms with van der Waals surface area (Å²) in [4.78, 5) is 16.4. The molecule has 21 heavy (non-hydrogen) atoms. The molecular formula is C12H15N5O3S. The topological polar surface area (TPSA) is 115 Å². The molecule has 1 fully saturated rings. The van der Waals surface area contributed by atoms with Gasteiger partial charge in [0.25, 0.3) is 0 Å². The molecule has 0 saturated carbocycles. The number of sulfonamides is 1. The summed E-state index contributed by atoms with van der Waals surface area (Å²) in [6.45, 7) is 0.751. The molecule has 0 aromatic heterocycles. The standard InChI is InChI=1S/C12H15N5O3S/c1-14-21(19,20)11-4-2-10(3-5-11)17-8-9(6-12(17)18)7-15-16-13/h2-5,9,14H,6-8H2,1H3. The van der Waals surface area contributed by atoms with E-state index in [4.69, 9.17) is 5.53 Å². The molecule has 1 atom stereocenters. The highest BCUT2D eigenvalue weighted by atomic mass is 32.2. The largest absolute Gasteiger partial charge is 0.312 e. The van der Waals surface area contributed by atoms with E-state index >= 15 is 0 Å². The molecule has 1 aromatic rings. The number of anilines is 1. The lowest BCUT2D eigenvalue weighted by atomic mass is 10.1. The zero-order valence-corrected chi connectivity index (χ0v) is 12.2. The summed E-state index contributed by atoms with van der Waals surface area (Å²) < 4.78 is 25.5. The molecule has 1 N–H and O–H groups in total. The van der Waals surface area contributed by atoms with E-state index < -0.39 is 10.0 Å². The van der Waals surface area contributed by atoms with Crippen molar-refractivity contribution in [3.8, 4) is 0 Å². The lowest BCUT2D eigenvalue weighted by molar-refractivity contribution is -0.117. The lowest BCUT2D eigenvalue weighted by Crippen LogP contribution is -2.25. The Morgan fingerprint density at radius 3 is 2.67 bits per heavy atom. The monoisotopic (exact) mass is 309 g/mol. The van der Waals surface area contributed by atoms with Gasteiger partial charge in [0.2, 0.25) is 15.9 Å². The van der Waals surface area contributed by atoms with Crippen LogP contribution < -0.4 is 9.62 Å². The quantitative estimate of drug-likeness (QED) is 0.501. The molecule has 1 amide bonds. The molecule has 9 heteroatoms. The van der Waals surface area contributed by atoms with Crippen LogP contribution >= 0.6 is 0 Å². The molecule has 0 bridgehead atoms. The van der Waals surface area contributed by atoms with E-state index in [2.05, 4.69) is 14.7 Å². The SMILES string of the molecule is CNS(=O)(=O)c1ccc(N2CC(CN=[N+]=[N-])CC2=O)cc1. The van der Waals surface area contributed by atoms with E-state index in [1.807, 2.05) is 0 Å². The minimum absolute atomic E-state index is 0.00545. The summed E-state index contributed by atoms with van der Waals surface area (Å²) in [5.74, 6) is -0.0634. The molecule has 1 unspecified atom stereocenters. The van der Waals surface area contributed by atoms with Crippen LogP contribution in [0.2, 0.25) is 0 Å². The maximum Gasteiger partial charge on any atom is 0.240 e. The Labute approximate surface area is 122 Å². The van der Waals surface area contributed by atoms with Gasteiger partial charge in [-0.25, -0.2) is 13.1 Å². The molecule has 112 valence electrons. The predicted molar refractivity (Wildman–Crippen MR) is 77.2 cm³/mol. The molecule has 0 spiro atoms. The minimum atomic E-state index is -3.48. The van der Waals surface area contributed by atoms with Gasteiger partial charge in [-0.05, 0) is 42.8 Å². The third kappa shape index (κ3) is 3.33. The van der Waals surface area contributed by atoms with Gasteiger partial charge in [-0.1, -0.05) is 5.11 Å². The number of carbonyl (C=O) groups excluding carboxylic acids is 1. The number of benzene rings is 1. The first-order valence-corrected chi connectivity index (χ1v) is 7.81. The molecule has 1 aliphatic heterocycles. The Balaban J connectivity index is 2.16. The second-order valence-electron chi connectivity index (χ2n) is 4.69. The summed E-state index contributed by atoms with van der Waals surface area (Å²) in [7, 11) is -2.14. The maximum atomic E-state index is 11.9. The zero-order valence-electron chi connectivity index (χ0n) is 11.4.